The van der Waals surface area contributed by atoms with Gasteiger partial charge in [0, 0.05) is 59.0 Å². The standard InChI is InChI=1S/C27H29ClN4O3S/c1-34-18-2-3-23-19(11-18)20-10-17(15-35-25(20)14-30-23)32-7-4-16(5-8-32)31-27(33)21-12-24-26(13-22(21)28)36-9-6-29-24/h2-3,11-14,16-17,29H,4-10,15H2,1H3,(H,31,33). The van der Waals surface area contributed by atoms with E-state index in [1.54, 1.807) is 18.9 Å². The number of hydrogen-bond acceptors (Lipinski definition) is 7. The van der Waals surface area contributed by atoms with Crippen LogP contribution >= 0.6 is 23.4 Å². The van der Waals surface area contributed by atoms with Gasteiger partial charge in [-0.3, -0.25) is 14.7 Å². The summed E-state index contributed by atoms with van der Waals surface area (Å²) >= 11 is 8.23. The smallest absolute Gasteiger partial charge is 0.253 e. The number of nitrogens with one attached hydrogen (secondary N) is 2. The molecule has 0 saturated carbocycles. The van der Waals surface area contributed by atoms with E-state index >= 15 is 0 Å². The van der Waals surface area contributed by atoms with Gasteiger partial charge in [-0.2, -0.15) is 0 Å². The van der Waals surface area contributed by atoms with Crippen LogP contribution in [0.2, 0.25) is 5.02 Å². The first-order valence-electron chi connectivity index (χ1n) is 12.4. The van der Waals surface area contributed by atoms with E-state index in [9.17, 15) is 4.79 Å². The van der Waals surface area contributed by atoms with E-state index < -0.39 is 0 Å². The van der Waals surface area contributed by atoms with Crippen LogP contribution in [0.5, 0.6) is 11.5 Å². The predicted molar refractivity (Wildman–Crippen MR) is 144 cm³/mol. The van der Waals surface area contributed by atoms with Gasteiger partial charge in [0.05, 0.1) is 29.4 Å². The van der Waals surface area contributed by atoms with Crippen LogP contribution in [-0.4, -0.2) is 67.0 Å². The third-order valence-corrected chi connectivity index (χ3v) is 8.76. The van der Waals surface area contributed by atoms with Crippen molar-refractivity contribution >= 4 is 45.9 Å². The van der Waals surface area contributed by atoms with Crippen LogP contribution in [-0.2, 0) is 6.42 Å². The van der Waals surface area contributed by atoms with Crippen molar-refractivity contribution in [2.45, 2.75) is 36.2 Å². The molecular weight excluding hydrogens is 496 g/mol. The Morgan fingerprint density at radius 2 is 2.14 bits per heavy atom. The van der Waals surface area contributed by atoms with Crippen molar-refractivity contribution in [3.8, 4) is 11.5 Å². The number of anilines is 1. The number of methoxy groups -OCH3 is 1. The van der Waals surface area contributed by atoms with Gasteiger partial charge in [-0.05, 0) is 49.6 Å². The molecule has 1 amide bonds. The minimum atomic E-state index is -0.0959. The number of aromatic nitrogens is 1. The van der Waals surface area contributed by atoms with Crippen molar-refractivity contribution in [2.24, 2.45) is 0 Å². The summed E-state index contributed by atoms with van der Waals surface area (Å²) in [5, 5.41) is 8.19. The summed E-state index contributed by atoms with van der Waals surface area (Å²) in [6.07, 6.45) is 4.55. The Kier molecular flexibility index (Phi) is 6.58. The Balaban J connectivity index is 1.10. The van der Waals surface area contributed by atoms with Crippen molar-refractivity contribution in [3.63, 3.8) is 0 Å². The fourth-order valence-electron chi connectivity index (χ4n) is 5.39. The van der Waals surface area contributed by atoms with E-state index in [4.69, 9.17) is 21.1 Å². The Bertz CT molecular complexity index is 1310. The number of nitrogens with zero attached hydrogens (tertiary/aromatic N) is 2. The van der Waals surface area contributed by atoms with Crippen LogP contribution in [0, 0.1) is 0 Å². The normalized spacial score (nSPS) is 20.1. The summed E-state index contributed by atoms with van der Waals surface area (Å²) in [6.45, 7) is 3.37. The quantitative estimate of drug-likeness (QED) is 0.516. The molecule has 3 aliphatic heterocycles. The Labute approximate surface area is 219 Å². The second-order valence-electron chi connectivity index (χ2n) is 9.54. The van der Waals surface area contributed by atoms with Crippen molar-refractivity contribution in [3.05, 3.63) is 52.7 Å². The molecule has 3 aliphatic rings. The molecule has 1 atom stereocenters. The lowest BCUT2D eigenvalue weighted by atomic mass is 9.95. The van der Waals surface area contributed by atoms with Crippen LogP contribution in [0.3, 0.4) is 0 Å². The first kappa shape index (κ1) is 23.7. The monoisotopic (exact) mass is 524 g/mol. The number of ether oxygens (including phenoxy) is 2. The van der Waals surface area contributed by atoms with Gasteiger partial charge in [-0.15, -0.1) is 11.8 Å². The van der Waals surface area contributed by atoms with Crippen LogP contribution in [0.25, 0.3) is 10.9 Å². The highest BCUT2D eigenvalue weighted by atomic mass is 35.5. The lowest BCUT2D eigenvalue weighted by molar-refractivity contribution is 0.0800. The zero-order chi connectivity index (χ0) is 24.6. The van der Waals surface area contributed by atoms with Gasteiger partial charge in [0.1, 0.15) is 18.1 Å². The minimum absolute atomic E-state index is 0.0959. The van der Waals surface area contributed by atoms with Crippen molar-refractivity contribution in [2.75, 3.05) is 44.4 Å². The highest BCUT2D eigenvalue weighted by Crippen LogP contribution is 2.36. The molecule has 0 bridgehead atoms. The maximum Gasteiger partial charge on any atom is 0.253 e. The van der Waals surface area contributed by atoms with E-state index in [1.807, 2.05) is 30.5 Å². The molecule has 6 rings (SSSR count). The van der Waals surface area contributed by atoms with Gasteiger partial charge < -0.3 is 20.1 Å². The molecule has 1 saturated heterocycles. The van der Waals surface area contributed by atoms with Gasteiger partial charge in [0.2, 0.25) is 0 Å². The third kappa shape index (κ3) is 4.58. The fourth-order valence-corrected chi connectivity index (χ4v) is 6.62. The van der Waals surface area contributed by atoms with E-state index in [1.165, 1.54) is 5.56 Å². The average Bonchev–Trinajstić information content (AvgIpc) is 2.92. The van der Waals surface area contributed by atoms with E-state index in [2.05, 4.69) is 26.6 Å². The molecule has 2 aromatic carbocycles. The van der Waals surface area contributed by atoms with Gasteiger partial charge in [0.15, 0.2) is 0 Å². The molecule has 3 aromatic rings. The number of rotatable bonds is 4. The van der Waals surface area contributed by atoms with E-state index in [0.717, 1.165) is 77.6 Å². The number of pyridine rings is 1. The van der Waals surface area contributed by atoms with Gasteiger partial charge >= 0.3 is 0 Å². The number of thioether (sulfide) groups is 1. The molecule has 0 spiro atoms. The first-order valence-corrected chi connectivity index (χ1v) is 13.8. The van der Waals surface area contributed by atoms with Gasteiger partial charge in [-0.1, -0.05) is 11.6 Å². The molecule has 1 aromatic heterocycles. The molecule has 9 heteroatoms. The molecule has 188 valence electrons. The maximum atomic E-state index is 13.0. The molecule has 0 aliphatic carbocycles. The summed E-state index contributed by atoms with van der Waals surface area (Å²) < 4.78 is 11.6. The second-order valence-corrected chi connectivity index (χ2v) is 11.1. The highest BCUT2D eigenvalue weighted by Gasteiger charge is 2.31. The molecule has 7 nitrogen and oxygen atoms in total. The van der Waals surface area contributed by atoms with Gasteiger partial charge in [0.25, 0.3) is 5.91 Å². The number of carbonyl (C=O) groups is 1. The molecule has 2 N–H and O–H groups in total. The number of benzene rings is 2. The number of carbonyl (C=O) groups excluding carboxylic acids is 1. The molecule has 36 heavy (non-hydrogen) atoms. The van der Waals surface area contributed by atoms with Crippen LogP contribution < -0.4 is 20.1 Å². The zero-order valence-corrected chi connectivity index (χ0v) is 21.8. The summed E-state index contributed by atoms with van der Waals surface area (Å²) in [6, 6.07) is 10.2. The fraction of sp³-hybridized carbons (Fsp3) is 0.407. The largest absolute Gasteiger partial charge is 0.497 e. The van der Waals surface area contributed by atoms with Crippen molar-refractivity contribution in [1.29, 1.82) is 0 Å². The van der Waals surface area contributed by atoms with Crippen LogP contribution in [0.4, 0.5) is 5.69 Å². The predicted octanol–water partition coefficient (Wildman–Crippen LogP) is 4.61. The number of piperidine rings is 1. The van der Waals surface area contributed by atoms with Crippen LogP contribution in [0.1, 0.15) is 28.8 Å². The molecule has 4 heterocycles. The maximum absolute atomic E-state index is 13.0. The Morgan fingerprint density at radius 3 is 2.97 bits per heavy atom. The number of likely N-dealkylation sites (tertiary alicyclic amines) is 1. The zero-order valence-electron chi connectivity index (χ0n) is 20.2. The summed E-state index contributed by atoms with van der Waals surface area (Å²) in [5.41, 5.74) is 3.68. The summed E-state index contributed by atoms with van der Waals surface area (Å²) in [5.74, 6) is 2.60. The number of fused-ring (bicyclic) bond motifs is 4. The van der Waals surface area contributed by atoms with E-state index in [0.29, 0.717) is 23.2 Å². The molecule has 0 radical (unpaired) electrons. The topological polar surface area (TPSA) is 75.7 Å². The average molecular weight is 525 g/mol. The highest BCUT2D eigenvalue weighted by molar-refractivity contribution is 7.99. The summed E-state index contributed by atoms with van der Waals surface area (Å²) in [4.78, 5) is 21.2. The first-order chi connectivity index (χ1) is 17.6. The Hall–Kier alpha value is -2.68. The van der Waals surface area contributed by atoms with Gasteiger partial charge in [-0.25, -0.2) is 0 Å². The second kappa shape index (κ2) is 10.00. The number of halogens is 1. The SMILES string of the molecule is COc1ccc2ncc3c(c2c1)CC(N1CCC(NC(=O)c2cc4c(cc2Cl)SCCN4)CC1)CO3. The van der Waals surface area contributed by atoms with Crippen molar-refractivity contribution in [1.82, 2.24) is 15.2 Å². The Morgan fingerprint density at radius 1 is 1.28 bits per heavy atom. The summed E-state index contributed by atoms with van der Waals surface area (Å²) in [7, 11) is 1.68. The minimum Gasteiger partial charge on any atom is -0.497 e. The van der Waals surface area contributed by atoms with E-state index in [-0.39, 0.29) is 11.9 Å². The lowest BCUT2D eigenvalue weighted by Gasteiger charge is -2.39. The van der Waals surface area contributed by atoms with Crippen molar-refractivity contribution < 1.29 is 14.3 Å². The molecule has 1 unspecified atom stereocenters. The third-order valence-electron chi connectivity index (χ3n) is 7.39. The number of amides is 1. The molecule has 1 fully saturated rings. The number of hydrogen-bond donors (Lipinski definition) is 2. The molecular formula is C27H29ClN4O3S. The van der Waals surface area contributed by atoms with Crippen LogP contribution in [0.15, 0.2) is 41.4 Å². The lowest BCUT2D eigenvalue weighted by Crippen LogP contribution is -2.51.